The third-order valence-electron chi connectivity index (χ3n) is 6.20. The number of aliphatic imine (C=N–C) groups is 1. The number of nitrogens with zero attached hydrogens (tertiary/aromatic N) is 4. The molecule has 0 saturated carbocycles. The molecule has 3 aromatic heterocycles. The van der Waals surface area contributed by atoms with Gasteiger partial charge in [-0.2, -0.15) is 5.10 Å². The maximum Gasteiger partial charge on any atom is 0.116 e. The molecule has 0 amide bonds. The summed E-state index contributed by atoms with van der Waals surface area (Å²) >= 11 is 0. The predicted molar refractivity (Wildman–Crippen MR) is 160 cm³/mol. The second-order valence-electron chi connectivity index (χ2n) is 9.38. The number of likely N-dealkylation sites (N-methyl/N-ethyl adjacent to an activating group) is 1. The zero-order valence-electron chi connectivity index (χ0n) is 22.6. The van der Waals surface area contributed by atoms with Gasteiger partial charge in [0.1, 0.15) is 5.69 Å². The molecule has 3 N–H and O–H groups in total. The molecule has 3 aromatic rings. The number of rotatable bonds is 11. The van der Waals surface area contributed by atoms with Crippen molar-refractivity contribution in [2.45, 2.75) is 20.3 Å². The number of fused-ring (bicyclic) bond motifs is 1. The molecule has 3 heterocycles. The average Bonchev–Trinajstić information content (AvgIpc) is 3.64. The molecule has 0 fully saturated rings. The highest BCUT2D eigenvalue weighted by atomic mass is 15.1. The van der Waals surface area contributed by atoms with Gasteiger partial charge in [-0.1, -0.05) is 44.0 Å². The lowest BCUT2D eigenvalue weighted by molar-refractivity contribution is 0.438. The van der Waals surface area contributed by atoms with Gasteiger partial charge in [-0.3, -0.25) is 15.1 Å². The Kier molecular flexibility index (Phi) is 8.19. The Balaban J connectivity index is 1.70. The van der Waals surface area contributed by atoms with Crippen molar-refractivity contribution in [3.8, 4) is 11.4 Å². The molecule has 0 aliphatic heterocycles. The van der Waals surface area contributed by atoms with Gasteiger partial charge in [0.2, 0.25) is 0 Å². The zero-order chi connectivity index (χ0) is 27.2. The van der Waals surface area contributed by atoms with Crippen molar-refractivity contribution in [3.63, 3.8) is 0 Å². The maximum atomic E-state index is 4.70. The first-order valence-corrected chi connectivity index (χ1v) is 12.5. The van der Waals surface area contributed by atoms with Crippen molar-refractivity contribution in [1.82, 2.24) is 30.4 Å². The van der Waals surface area contributed by atoms with Crippen molar-refractivity contribution in [1.29, 1.82) is 0 Å². The van der Waals surface area contributed by atoms with Crippen LogP contribution in [-0.4, -0.2) is 51.4 Å². The Morgan fingerprint density at radius 1 is 1.26 bits per heavy atom. The van der Waals surface area contributed by atoms with Crippen LogP contribution in [0.5, 0.6) is 0 Å². The fourth-order valence-corrected chi connectivity index (χ4v) is 4.48. The van der Waals surface area contributed by atoms with E-state index in [1.54, 1.807) is 12.3 Å². The first-order valence-electron chi connectivity index (χ1n) is 12.5. The van der Waals surface area contributed by atoms with E-state index < -0.39 is 0 Å². The van der Waals surface area contributed by atoms with Crippen LogP contribution in [0.15, 0.2) is 103 Å². The molecule has 0 unspecified atom stereocenters. The zero-order valence-corrected chi connectivity index (χ0v) is 22.6. The topological polar surface area (TPSA) is 85.0 Å². The minimum Gasteiger partial charge on any atom is -0.358 e. The van der Waals surface area contributed by atoms with Gasteiger partial charge in [0.05, 0.1) is 28.8 Å². The smallest absolute Gasteiger partial charge is 0.116 e. The molecule has 0 bridgehead atoms. The normalized spacial score (nSPS) is 14.3. The molecule has 0 atom stereocenters. The van der Waals surface area contributed by atoms with E-state index in [0.29, 0.717) is 0 Å². The fourth-order valence-electron chi connectivity index (χ4n) is 4.48. The summed E-state index contributed by atoms with van der Waals surface area (Å²) in [7, 11) is 4.02. The number of nitrogens with one attached hydrogen (secondary N) is 3. The summed E-state index contributed by atoms with van der Waals surface area (Å²) < 4.78 is 0. The highest BCUT2D eigenvalue weighted by Gasteiger charge is 2.18. The first kappa shape index (κ1) is 26.6. The number of pyridine rings is 1. The SMILES string of the molecule is C=CN=C(C1=CCC=C1)c1cc(-c2n[nH]c3cnc(C(/C=C(\C=C)NC(=C)CN(C)C)=C/C)cc23)[nH]c1C. The molecular weight excluding hydrogens is 470 g/mol. The van der Waals surface area contributed by atoms with E-state index in [4.69, 9.17) is 4.98 Å². The van der Waals surface area contributed by atoms with Crippen molar-refractivity contribution < 1.29 is 0 Å². The van der Waals surface area contributed by atoms with Crippen LogP contribution in [0.2, 0.25) is 0 Å². The highest BCUT2D eigenvalue weighted by molar-refractivity contribution is 6.16. The van der Waals surface area contributed by atoms with E-state index in [0.717, 1.165) is 80.5 Å². The number of aryl methyl sites for hydroxylation is 1. The molecule has 7 heteroatoms. The van der Waals surface area contributed by atoms with Crippen LogP contribution in [0.4, 0.5) is 0 Å². The van der Waals surface area contributed by atoms with E-state index >= 15 is 0 Å². The van der Waals surface area contributed by atoms with Crippen molar-refractivity contribution in [2.24, 2.45) is 4.99 Å². The number of hydrogen-bond acceptors (Lipinski definition) is 5. The minimum absolute atomic E-state index is 0.725. The van der Waals surface area contributed by atoms with Crippen LogP contribution >= 0.6 is 0 Å². The molecule has 0 saturated heterocycles. The Labute approximate surface area is 224 Å². The lowest BCUT2D eigenvalue weighted by atomic mass is 10.0. The molecule has 0 radical (unpaired) electrons. The van der Waals surface area contributed by atoms with E-state index in [2.05, 4.69) is 87.4 Å². The summed E-state index contributed by atoms with van der Waals surface area (Å²) in [5, 5.41) is 12.1. The van der Waals surface area contributed by atoms with Gasteiger partial charge in [-0.15, -0.1) is 0 Å². The summed E-state index contributed by atoms with van der Waals surface area (Å²) in [5.41, 5.74) is 10.2. The molecule has 0 aromatic carbocycles. The Bertz CT molecular complexity index is 1530. The molecule has 7 nitrogen and oxygen atoms in total. The maximum absolute atomic E-state index is 4.70. The van der Waals surface area contributed by atoms with Gasteiger partial charge in [0.25, 0.3) is 0 Å². The van der Waals surface area contributed by atoms with Crippen LogP contribution in [0.25, 0.3) is 27.9 Å². The van der Waals surface area contributed by atoms with E-state index in [-0.39, 0.29) is 0 Å². The number of allylic oxidation sites excluding steroid dienone is 8. The summed E-state index contributed by atoms with van der Waals surface area (Å²) in [5.74, 6) is 0. The average molecular weight is 506 g/mol. The van der Waals surface area contributed by atoms with E-state index in [1.807, 2.05) is 39.4 Å². The van der Waals surface area contributed by atoms with E-state index in [9.17, 15) is 0 Å². The summed E-state index contributed by atoms with van der Waals surface area (Å²) in [6, 6.07) is 4.17. The largest absolute Gasteiger partial charge is 0.358 e. The summed E-state index contributed by atoms with van der Waals surface area (Å²) in [6.45, 7) is 16.7. The number of hydrogen-bond donors (Lipinski definition) is 3. The molecule has 38 heavy (non-hydrogen) atoms. The molecule has 194 valence electrons. The number of aromatic nitrogens is 4. The van der Waals surface area contributed by atoms with Crippen LogP contribution < -0.4 is 5.32 Å². The quantitative estimate of drug-likeness (QED) is 0.213. The molecule has 4 rings (SSSR count). The fraction of sp³-hybridized carbons (Fsp3) is 0.194. The van der Waals surface area contributed by atoms with Gasteiger partial charge < -0.3 is 15.2 Å². The standard InChI is InChI=1S/C31H35N7/c1-8-22(15-24(9-2)34-20(4)19-38(6)7)27-17-26-29(18-33-27)36-37-31(26)28-16-25(21(5)35-28)30(32-10-3)23-13-11-12-14-23/h8-11,13-18,34-35H,2-4,12,19H2,1,5-7H3,(H,36,37)/b22-8+,24-15+,32-30?. The summed E-state index contributed by atoms with van der Waals surface area (Å²) in [6.07, 6.45) is 16.6. The molecule has 0 spiro atoms. The minimum atomic E-state index is 0.725. The van der Waals surface area contributed by atoms with Crippen molar-refractivity contribution in [2.75, 3.05) is 20.6 Å². The lowest BCUT2D eigenvalue weighted by Gasteiger charge is -2.15. The predicted octanol–water partition coefficient (Wildman–Crippen LogP) is 6.22. The third kappa shape index (κ3) is 5.74. The first-order chi connectivity index (χ1) is 18.3. The number of aromatic amines is 2. The molecule has 1 aliphatic carbocycles. The Hall–Kier alpha value is -4.49. The van der Waals surface area contributed by atoms with Crippen LogP contribution in [0.1, 0.15) is 30.3 Å². The monoisotopic (exact) mass is 505 g/mol. The number of H-pyrrole nitrogens is 2. The molecular formula is C31H35N7. The lowest BCUT2D eigenvalue weighted by Crippen LogP contribution is -2.23. The van der Waals surface area contributed by atoms with Gasteiger partial charge in [0, 0.05) is 40.8 Å². The third-order valence-corrected chi connectivity index (χ3v) is 6.20. The van der Waals surface area contributed by atoms with Gasteiger partial charge in [0.15, 0.2) is 0 Å². The van der Waals surface area contributed by atoms with Crippen molar-refractivity contribution >= 4 is 22.2 Å². The Morgan fingerprint density at radius 2 is 2.08 bits per heavy atom. The van der Waals surface area contributed by atoms with Gasteiger partial charge >= 0.3 is 0 Å². The highest BCUT2D eigenvalue weighted by Crippen LogP contribution is 2.31. The van der Waals surface area contributed by atoms with E-state index in [1.165, 1.54) is 0 Å². The van der Waals surface area contributed by atoms with Gasteiger partial charge in [-0.25, -0.2) is 0 Å². The van der Waals surface area contributed by atoms with Gasteiger partial charge in [-0.05, 0) is 69.8 Å². The summed E-state index contributed by atoms with van der Waals surface area (Å²) in [4.78, 5) is 14.8. The second-order valence-corrected chi connectivity index (χ2v) is 9.38. The van der Waals surface area contributed by atoms with Crippen LogP contribution in [-0.2, 0) is 0 Å². The molecule has 1 aliphatic rings. The Morgan fingerprint density at radius 3 is 2.74 bits per heavy atom. The second kappa shape index (κ2) is 11.7. The van der Waals surface area contributed by atoms with Crippen LogP contribution in [0.3, 0.4) is 0 Å². The van der Waals surface area contributed by atoms with Crippen LogP contribution in [0, 0.1) is 6.92 Å². The van der Waals surface area contributed by atoms with Crippen molar-refractivity contribution in [3.05, 3.63) is 115 Å².